The maximum absolute atomic E-state index is 14.6. The van der Waals surface area contributed by atoms with Crippen molar-refractivity contribution in [2.45, 2.75) is 20.3 Å². The van der Waals surface area contributed by atoms with Crippen molar-refractivity contribution in [1.82, 2.24) is 4.90 Å². The lowest BCUT2D eigenvalue weighted by Gasteiger charge is -2.28. The molecule has 1 heterocycles. The third kappa shape index (κ3) is 3.85. The second-order valence-corrected chi connectivity index (χ2v) is 7.03. The Kier molecular flexibility index (Phi) is 5.27. The molecule has 0 saturated carbocycles. The summed E-state index contributed by atoms with van der Waals surface area (Å²) < 4.78 is 14.6. The number of hydrogen-bond acceptors (Lipinski definition) is 3. The molecule has 138 valence electrons. The number of anilines is 1. The monoisotopic (exact) mass is 363 g/mol. The van der Waals surface area contributed by atoms with Gasteiger partial charge >= 0.3 is 0 Å². The van der Waals surface area contributed by atoms with E-state index in [4.69, 9.17) is 5.73 Å². The number of nitrogen functional groups attached to an aromatic ring is 1. The van der Waals surface area contributed by atoms with Crippen LogP contribution in [0.5, 0.6) is 0 Å². The minimum Gasteiger partial charge on any atom is -0.399 e. The minimum atomic E-state index is -0.539. The average molecular weight is 363 g/mol. The fourth-order valence-corrected chi connectivity index (χ4v) is 3.29. The Morgan fingerprint density at radius 1 is 1.22 bits per heavy atom. The summed E-state index contributed by atoms with van der Waals surface area (Å²) in [7, 11) is 0. The number of carbonyl (C=O) groups excluding carboxylic acids is 1. The van der Waals surface area contributed by atoms with Gasteiger partial charge in [0.05, 0.1) is 5.56 Å². The van der Waals surface area contributed by atoms with E-state index in [0.29, 0.717) is 30.8 Å². The van der Waals surface area contributed by atoms with E-state index >= 15 is 0 Å². The van der Waals surface area contributed by atoms with Crippen molar-refractivity contribution in [3.05, 3.63) is 59.4 Å². The van der Waals surface area contributed by atoms with Crippen molar-refractivity contribution >= 4 is 17.2 Å². The first kappa shape index (κ1) is 18.7. The maximum Gasteiger partial charge on any atom is 0.225 e. The second-order valence-electron chi connectivity index (χ2n) is 7.03. The number of benzene rings is 2. The summed E-state index contributed by atoms with van der Waals surface area (Å²) in [5, 5.41) is 9.39. The molecule has 0 radical (unpaired) electrons. The topological polar surface area (TPSA) is 70.1 Å². The Bertz CT molecular complexity index is 939. The van der Waals surface area contributed by atoms with E-state index < -0.39 is 5.82 Å². The van der Waals surface area contributed by atoms with Crippen molar-refractivity contribution in [1.29, 1.82) is 5.26 Å². The van der Waals surface area contributed by atoms with E-state index in [1.54, 1.807) is 24.3 Å². The first-order chi connectivity index (χ1) is 12.9. The number of amides is 1. The average Bonchev–Trinajstić information content (AvgIpc) is 2.67. The molecular formula is C22H22FN3O. The first-order valence-electron chi connectivity index (χ1n) is 8.98. The Hall–Kier alpha value is -3.13. The fourth-order valence-electron chi connectivity index (χ4n) is 3.29. The molecule has 2 aromatic carbocycles. The van der Waals surface area contributed by atoms with Crippen LogP contribution in [0, 0.1) is 23.1 Å². The van der Waals surface area contributed by atoms with Crippen LogP contribution in [0.2, 0.25) is 0 Å². The summed E-state index contributed by atoms with van der Waals surface area (Å²) in [5.74, 6) is -0.452. The molecule has 27 heavy (non-hydrogen) atoms. The van der Waals surface area contributed by atoms with Crippen LogP contribution < -0.4 is 5.73 Å². The summed E-state index contributed by atoms with van der Waals surface area (Å²) in [5.41, 5.74) is 9.39. The number of nitrogens with two attached hydrogens (primary N) is 1. The third-order valence-corrected chi connectivity index (χ3v) is 4.81. The second kappa shape index (κ2) is 7.63. The molecule has 0 saturated heterocycles. The van der Waals surface area contributed by atoms with Gasteiger partial charge in [-0.2, -0.15) is 5.26 Å². The number of hydrogen-bond donors (Lipinski definition) is 1. The molecule has 4 nitrogen and oxygen atoms in total. The molecule has 1 aliphatic rings. The van der Waals surface area contributed by atoms with Crippen molar-refractivity contribution in [2.24, 2.45) is 5.92 Å². The molecule has 0 spiro atoms. The predicted octanol–water partition coefficient (Wildman–Crippen LogP) is 4.22. The Morgan fingerprint density at radius 3 is 2.48 bits per heavy atom. The molecule has 0 aromatic heterocycles. The van der Waals surface area contributed by atoms with Gasteiger partial charge in [-0.15, -0.1) is 0 Å². The maximum atomic E-state index is 14.6. The summed E-state index contributed by atoms with van der Waals surface area (Å²) in [6, 6.07) is 12.3. The van der Waals surface area contributed by atoms with E-state index in [9.17, 15) is 14.4 Å². The van der Waals surface area contributed by atoms with Gasteiger partial charge in [-0.25, -0.2) is 4.39 Å². The van der Waals surface area contributed by atoms with Crippen LogP contribution in [0.4, 0.5) is 10.1 Å². The van der Waals surface area contributed by atoms with Crippen LogP contribution in [0.1, 0.15) is 31.4 Å². The van der Waals surface area contributed by atoms with Crippen molar-refractivity contribution in [3.63, 3.8) is 0 Å². The molecule has 5 heteroatoms. The molecule has 0 unspecified atom stereocenters. The fraction of sp³-hybridized carbons (Fsp3) is 0.273. The van der Waals surface area contributed by atoms with E-state index in [0.717, 1.165) is 16.7 Å². The highest BCUT2D eigenvalue weighted by Gasteiger charge is 2.21. The van der Waals surface area contributed by atoms with E-state index in [2.05, 4.69) is 0 Å². The third-order valence-electron chi connectivity index (χ3n) is 4.81. The van der Waals surface area contributed by atoms with Crippen LogP contribution >= 0.6 is 0 Å². The lowest BCUT2D eigenvalue weighted by molar-refractivity contribution is -0.134. The van der Waals surface area contributed by atoms with Gasteiger partial charge in [-0.05, 0) is 47.4 Å². The molecular weight excluding hydrogens is 341 g/mol. The molecule has 2 N–H and O–H groups in total. The molecule has 3 rings (SSSR count). The van der Waals surface area contributed by atoms with Gasteiger partial charge in [-0.3, -0.25) is 4.79 Å². The molecule has 0 aliphatic carbocycles. The van der Waals surface area contributed by atoms with Crippen LogP contribution in [0.15, 0.2) is 42.5 Å². The molecule has 1 amide bonds. The number of nitriles is 1. The van der Waals surface area contributed by atoms with Gasteiger partial charge in [0.2, 0.25) is 5.91 Å². The van der Waals surface area contributed by atoms with E-state index in [1.807, 2.05) is 37.0 Å². The van der Waals surface area contributed by atoms with E-state index in [1.165, 1.54) is 6.07 Å². The number of rotatable bonds is 3. The summed E-state index contributed by atoms with van der Waals surface area (Å²) >= 11 is 0. The van der Waals surface area contributed by atoms with Gasteiger partial charge in [-0.1, -0.05) is 32.1 Å². The van der Waals surface area contributed by atoms with Crippen molar-refractivity contribution in [3.8, 4) is 17.2 Å². The lowest BCUT2D eigenvalue weighted by Crippen LogP contribution is -2.37. The predicted molar refractivity (Wildman–Crippen MR) is 105 cm³/mol. The summed E-state index contributed by atoms with van der Waals surface area (Å²) in [6.45, 7) is 4.90. The summed E-state index contributed by atoms with van der Waals surface area (Å²) in [6.07, 6.45) is 2.63. The quantitative estimate of drug-likeness (QED) is 0.830. The van der Waals surface area contributed by atoms with Crippen LogP contribution in [0.3, 0.4) is 0 Å². The molecule has 0 bridgehead atoms. The zero-order valence-corrected chi connectivity index (χ0v) is 15.5. The van der Waals surface area contributed by atoms with Gasteiger partial charge < -0.3 is 10.6 Å². The normalized spacial score (nSPS) is 14.0. The summed E-state index contributed by atoms with van der Waals surface area (Å²) in [4.78, 5) is 14.0. The number of halogens is 1. The van der Waals surface area contributed by atoms with Crippen molar-refractivity contribution < 1.29 is 9.18 Å². The Labute approximate surface area is 158 Å². The molecule has 0 atom stereocenters. The SMILES string of the molecule is CC(C)C(=O)N1CC=C(c2cc(F)c(C#N)c(-c3ccc(N)cc3)c2)CC1. The molecule has 0 fully saturated rings. The molecule has 1 aliphatic heterocycles. The van der Waals surface area contributed by atoms with Crippen LogP contribution in [-0.2, 0) is 4.79 Å². The lowest BCUT2D eigenvalue weighted by atomic mass is 9.92. The first-order valence-corrected chi connectivity index (χ1v) is 8.98. The highest BCUT2D eigenvalue weighted by molar-refractivity contribution is 5.81. The largest absolute Gasteiger partial charge is 0.399 e. The highest BCUT2D eigenvalue weighted by atomic mass is 19.1. The van der Waals surface area contributed by atoms with Crippen LogP contribution in [0.25, 0.3) is 16.7 Å². The zero-order valence-electron chi connectivity index (χ0n) is 15.5. The molecule has 2 aromatic rings. The van der Waals surface area contributed by atoms with E-state index in [-0.39, 0.29) is 17.4 Å². The standard InChI is InChI=1S/C22H22FN3O/c1-14(2)22(27)26-9-7-15(8-10-26)17-11-19(20(13-24)21(23)12-17)16-3-5-18(25)6-4-16/h3-7,11-12,14H,8-10,25H2,1-2H3. The minimum absolute atomic E-state index is 0.0246. The zero-order chi connectivity index (χ0) is 19.6. The highest BCUT2D eigenvalue weighted by Crippen LogP contribution is 2.32. The van der Waals surface area contributed by atoms with Crippen molar-refractivity contribution in [2.75, 3.05) is 18.8 Å². The number of nitrogens with zero attached hydrogens (tertiary/aromatic N) is 2. The Morgan fingerprint density at radius 2 is 1.93 bits per heavy atom. The van der Waals surface area contributed by atoms with Gasteiger partial charge in [0.25, 0.3) is 0 Å². The van der Waals surface area contributed by atoms with Gasteiger partial charge in [0.1, 0.15) is 11.9 Å². The number of carbonyl (C=O) groups is 1. The van der Waals surface area contributed by atoms with Crippen LogP contribution in [-0.4, -0.2) is 23.9 Å². The smallest absolute Gasteiger partial charge is 0.225 e. The van der Waals surface area contributed by atoms with Gasteiger partial charge in [0.15, 0.2) is 0 Å². The Balaban J connectivity index is 1.97. The van der Waals surface area contributed by atoms with Gasteiger partial charge in [0, 0.05) is 30.3 Å².